The Balaban J connectivity index is 1.84. The highest BCUT2D eigenvalue weighted by Gasteiger charge is 2.53. The summed E-state index contributed by atoms with van der Waals surface area (Å²) in [7, 11) is 2.14. The van der Waals surface area contributed by atoms with Crippen LogP contribution in [0, 0.1) is 11.3 Å². The summed E-state index contributed by atoms with van der Waals surface area (Å²) >= 11 is 0. The van der Waals surface area contributed by atoms with Crippen LogP contribution < -0.4 is 5.32 Å². The molecule has 0 radical (unpaired) electrons. The van der Waals surface area contributed by atoms with Gasteiger partial charge in [0, 0.05) is 26.7 Å². The average Bonchev–Trinajstić information content (AvgIpc) is 3.27. The Morgan fingerprint density at radius 3 is 2.74 bits per heavy atom. The Morgan fingerprint density at radius 2 is 2.21 bits per heavy atom. The number of aliphatic imine (C=N–C) groups is 1. The number of hydrogen-bond donors (Lipinski definition) is 1. The van der Waals surface area contributed by atoms with Crippen LogP contribution in [0.1, 0.15) is 45.4 Å². The summed E-state index contributed by atoms with van der Waals surface area (Å²) in [5.41, 5.74) is 0.600. The zero-order chi connectivity index (χ0) is 13.7. The number of nitrogens with one attached hydrogen (secondary N) is 1. The fraction of sp³-hybridized carbons (Fsp3) is 0.812. The van der Waals surface area contributed by atoms with Crippen molar-refractivity contribution in [3.05, 3.63) is 12.7 Å². The lowest BCUT2D eigenvalue weighted by Crippen LogP contribution is -2.39. The van der Waals surface area contributed by atoms with Crippen LogP contribution in [0.2, 0.25) is 0 Å². The van der Waals surface area contributed by atoms with Crippen molar-refractivity contribution in [1.29, 1.82) is 0 Å². The van der Waals surface area contributed by atoms with E-state index in [-0.39, 0.29) is 0 Å². The first kappa shape index (κ1) is 14.4. The van der Waals surface area contributed by atoms with Gasteiger partial charge in [-0.25, -0.2) is 0 Å². The molecule has 0 aliphatic heterocycles. The smallest absolute Gasteiger partial charge is 0.193 e. The Labute approximate surface area is 118 Å². The van der Waals surface area contributed by atoms with Crippen molar-refractivity contribution in [1.82, 2.24) is 10.2 Å². The van der Waals surface area contributed by atoms with E-state index in [2.05, 4.69) is 30.8 Å². The Kier molecular flexibility index (Phi) is 4.89. The molecule has 2 aliphatic rings. The maximum Gasteiger partial charge on any atom is 0.193 e. The first-order valence-corrected chi connectivity index (χ1v) is 7.82. The van der Waals surface area contributed by atoms with Gasteiger partial charge in [0.25, 0.3) is 0 Å². The molecule has 0 atom stereocenters. The largest absolute Gasteiger partial charge is 0.357 e. The molecule has 0 unspecified atom stereocenters. The van der Waals surface area contributed by atoms with E-state index in [0.717, 1.165) is 44.4 Å². The Morgan fingerprint density at radius 1 is 1.47 bits per heavy atom. The van der Waals surface area contributed by atoms with Crippen molar-refractivity contribution in [3.63, 3.8) is 0 Å². The zero-order valence-corrected chi connectivity index (χ0v) is 12.6. The van der Waals surface area contributed by atoms with Gasteiger partial charge in [-0.15, -0.1) is 6.58 Å². The van der Waals surface area contributed by atoms with Gasteiger partial charge in [0.1, 0.15) is 0 Å². The van der Waals surface area contributed by atoms with Gasteiger partial charge in [-0.1, -0.05) is 6.08 Å². The van der Waals surface area contributed by atoms with Crippen LogP contribution in [0.4, 0.5) is 0 Å². The first-order chi connectivity index (χ1) is 9.22. The lowest BCUT2D eigenvalue weighted by molar-refractivity contribution is 0.435. The third-order valence-electron chi connectivity index (χ3n) is 4.48. The molecule has 19 heavy (non-hydrogen) atoms. The van der Waals surface area contributed by atoms with Crippen LogP contribution in [0.5, 0.6) is 0 Å². The maximum absolute atomic E-state index is 4.89. The minimum absolute atomic E-state index is 0.600. The highest BCUT2D eigenvalue weighted by Crippen LogP contribution is 2.61. The average molecular weight is 263 g/mol. The summed E-state index contributed by atoms with van der Waals surface area (Å²) in [5, 5.41) is 3.42. The molecule has 0 bridgehead atoms. The minimum atomic E-state index is 0.600. The van der Waals surface area contributed by atoms with E-state index in [1.54, 1.807) is 0 Å². The molecule has 0 aromatic rings. The van der Waals surface area contributed by atoms with Crippen molar-refractivity contribution < 1.29 is 0 Å². The molecular formula is C16H29N3. The minimum Gasteiger partial charge on any atom is -0.357 e. The zero-order valence-electron chi connectivity index (χ0n) is 12.6. The number of guanidine groups is 1. The second-order valence-corrected chi connectivity index (χ2v) is 6.16. The van der Waals surface area contributed by atoms with Crippen LogP contribution in [-0.2, 0) is 0 Å². The second kappa shape index (κ2) is 6.44. The van der Waals surface area contributed by atoms with Gasteiger partial charge in [0.2, 0.25) is 0 Å². The van der Waals surface area contributed by atoms with Crippen LogP contribution in [-0.4, -0.2) is 37.5 Å². The summed E-state index contributed by atoms with van der Waals surface area (Å²) in [5.74, 6) is 2.07. The van der Waals surface area contributed by atoms with E-state index in [4.69, 9.17) is 4.99 Å². The third kappa shape index (κ3) is 3.99. The van der Waals surface area contributed by atoms with Crippen LogP contribution >= 0.6 is 0 Å². The Hall–Kier alpha value is -0.990. The Bertz CT molecular complexity index is 327. The predicted molar refractivity (Wildman–Crippen MR) is 82.4 cm³/mol. The van der Waals surface area contributed by atoms with Crippen LogP contribution in [0.25, 0.3) is 0 Å². The van der Waals surface area contributed by atoms with Gasteiger partial charge in [-0.05, 0) is 56.8 Å². The van der Waals surface area contributed by atoms with Gasteiger partial charge in [0.05, 0.1) is 0 Å². The van der Waals surface area contributed by atoms with Gasteiger partial charge in [0.15, 0.2) is 5.96 Å². The molecule has 1 N–H and O–H groups in total. The highest BCUT2D eigenvalue weighted by atomic mass is 15.3. The molecule has 0 saturated heterocycles. The second-order valence-electron chi connectivity index (χ2n) is 6.16. The van der Waals surface area contributed by atoms with Gasteiger partial charge < -0.3 is 10.2 Å². The van der Waals surface area contributed by atoms with Crippen molar-refractivity contribution in [3.8, 4) is 0 Å². The fourth-order valence-electron chi connectivity index (χ4n) is 2.83. The highest BCUT2D eigenvalue weighted by molar-refractivity contribution is 5.79. The van der Waals surface area contributed by atoms with E-state index < -0.39 is 0 Å². The van der Waals surface area contributed by atoms with Crippen molar-refractivity contribution in [2.45, 2.75) is 45.4 Å². The molecule has 3 heteroatoms. The first-order valence-electron chi connectivity index (χ1n) is 7.82. The van der Waals surface area contributed by atoms with E-state index >= 15 is 0 Å². The van der Waals surface area contributed by atoms with Crippen LogP contribution in [0.15, 0.2) is 17.6 Å². The van der Waals surface area contributed by atoms with Gasteiger partial charge >= 0.3 is 0 Å². The number of hydrogen-bond acceptors (Lipinski definition) is 1. The summed E-state index contributed by atoms with van der Waals surface area (Å²) in [6, 6.07) is 0. The molecule has 2 rings (SSSR count). The van der Waals surface area contributed by atoms with E-state index in [1.165, 1.54) is 25.7 Å². The molecule has 0 aromatic heterocycles. The molecule has 0 heterocycles. The molecular weight excluding hydrogens is 234 g/mol. The van der Waals surface area contributed by atoms with E-state index in [9.17, 15) is 0 Å². The maximum atomic E-state index is 4.89. The summed E-state index contributed by atoms with van der Waals surface area (Å²) in [6.07, 6.45) is 9.92. The van der Waals surface area contributed by atoms with E-state index in [0.29, 0.717) is 5.41 Å². The molecule has 0 amide bonds. The van der Waals surface area contributed by atoms with Gasteiger partial charge in [-0.3, -0.25) is 4.99 Å². The lowest BCUT2D eigenvalue weighted by Gasteiger charge is -2.23. The SMILES string of the molecule is C=CCCCN(C)C(=NCC1(C2CC2)CC1)NCC. The molecule has 108 valence electrons. The number of unbranched alkanes of at least 4 members (excludes halogenated alkanes) is 1. The third-order valence-corrected chi connectivity index (χ3v) is 4.48. The normalized spacial score (nSPS) is 21.1. The van der Waals surface area contributed by atoms with Crippen molar-refractivity contribution >= 4 is 5.96 Å². The van der Waals surface area contributed by atoms with E-state index in [1.807, 2.05) is 6.08 Å². The van der Waals surface area contributed by atoms with Crippen molar-refractivity contribution in [2.24, 2.45) is 16.3 Å². The lowest BCUT2D eigenvalue weighted by atomic mass is 10.0. The molecule has 2 saturated carbocycles. The number of allylic oxidation sites excluding steroid dienone is 1. The molecule has 0 spiro atoms. The molecule has 3 nitrogen and oxygen atoms in total. The monoisotopic (exact) mass is 263 g/mol. The summed E-state index contributed by atoms with van der Waals surface area (Å²) < 4.78 is 0. The fourth-order valence-corrected chi connectivity index (χ4v) is 2.83. The summed E-state index contributed by atoms with van der Waals surface area (Å²) in [6.45, 7) is 8.95. The standard InChI is InChI=1S/C16H29N3/c1-4-6-7-12-19(3)15(17-5-2)18-13-16(10-11-16)14-8-9-14/h4,14H,1,5-13H2,2-3H3,(H,17,18). The molecule has 2 aliphatic carbocycles. The molecule has 0 aromatic carbocycles. The van der Waals surface area contributed by atoms with Crippen molar-refractivity contribution in [2.75, 3.05) is 26.7 Å². The quantitative estimate of drug-likeness (QED) is 0.315. The number of rotatable bonds is 8. The number of nitrogens with zero attached hydrogens (tertiary/aromatic N) is 2. The summed E-state index contributed by atoms with van der Waals surface area (Å²) in [4.78, 5) is 7.15. The van der Waals surface area contributed by atoms with Crippen LogP contribution in [0.3, 0.4) is 0 Å². The topological polar surface area (TPSA) is 27.6 Å². The van der Waals surface area contributed by atoms with Gasteiger partial charge in [-0.2, -0.15) is 0 Å². The molecule has 2 fully saturated rings. The predicted octanol–water partition coefficient (Wildman–Crippen LogP) is 3.04.